The van der Waals surface area contributed by atoms with Crippen molar-refractivity contribution in [2.75, 3.05) is 22.9 Å². The lowest BCUT2D eigenvalue weighted by Gasteiger charge is -2.23. The topological polar surface area (TPSA) is 6.48 Å². The Morgan fingerprint density at radius 1 is 0.696 bits per heavy atom. The minimum absolute atomic E-state index is 0.956. The van der Waals surface area contributed by atoms with E-state index in [1.54, 1.807) is 11.3 Å². The molecule has 0 N–H and O–H groups in total. The van der Waals surface area contributed by atoms with Crippen LogP contribution >= 0.6 is 11.3 Å². The van der Waals surface area contributed by atoms with Crippen molar-refractivity contribution in [2.45, 2.75) is 13.8 Å². The van der Waals surface area contributed by atoms with Crippen LogP contribution in [0.15, 0.2) is 72.1 Å². The first-order chi connectivity index (χ1) is 11.3. The molecule has 0 aliphatic carbocycles. The van der Waals surface area contributed by atoms with Crippen LogP contribution in [0.4, 0.5) is 22.1 Å². The fourth-order valence-corrected chi connectivity index (χ4v) is 3.78. The summed E-state index contributed by atoms with van der Waals surface area (Å²) in [6, 6.07) is 23.4. The maximum Gasteiger partial charge on any atom is 0.0974 e. The summed E-state index contributed by atoms with van der Waals surface area (Å²) in [5, 5.41) is 3.53. The first kappa shape index (κ1) is 15.6. The third-order valence-corrected chi connectivity index (χ3v) is 4.86. The monoisotopic (exact) mass is 322 g/mol. The van der Waals surface area contributed by atoms with Crippen LogP contribution in [0.2, 0.25) is 0 Å². The molecule has 0 unspecified atom stereocenters. The zero-order chi connectivity index (χ0) is 16.1. The summed E-state index contributed by atoms with van der Waals surface area (Å²) >= 11 is 1.80. The Morgan fingerprint density at radius 2 is 1.22 bits per heavy atom. The van der Waals surface area contributed by atoms with E-state index in [2.05, 4.69) is 95.8 Å². The molecular weight excluding hydrogens is 300 g/mol. The number of thiophene rings is 1. The van der Waals surface area contributed by atoms with Crippen LogP contribution in [-0.4, -0.2) is 13.1 Å². The van der Waals surface area contributed by atoms with Crippen molar-refractivity contribution in [3.8, 4) is 0 Å². The predicted molar refractivity (Wildman–Crippen MR) is 103 cm³/mol. The van der Waals surface area contributed by atoms with Crippen molar-refractivity contribution in [1.82, 2.24) is 0 Å². The highest BCUT2D eigenvalue weighted by molar-refractivity contribution is 7.14. The standard InChI is InChI=1S/C20H22N2S/c1-3-21(17-11-7-5-8-12-17)19-15-20(23-16-19)22(4-2)18-13-9-6-10-14-18/h5-16H,3-4H2,1-2H3. The van der Waals surface area contributed by atoms with Crippen LogP contribution in [0.1, 0.15) is 13.8 Å². The van der Waals surface area contributed by atoms with Gasteiger partial charge < -0.3 is 9.80 Å². The number of rotatable bonds is 6. The molecule has 0 bridgehead atoms. The second-order valence-electron chi connectivity index (χ2n) is 5.30. The third kappa shape index (κ3) is 3.40. The van der Waals surface area contributed by atoms with E-state index in [-0.39, 0.29) is 0 Å². The highest BCUT2D eigenvalue weighted by Crippen LogP contribution is 2.37. The maximum atomic E-state index is 2.35. The van der Waals surface area contributed by atoms with Gasteiger partial charge in [0.25, 0.3) is 0 Å². The molecule has 0 aliphatic heterocycles. The van der Waals surface area contributed by atoms with Gasteiger partial charge in [0.1, 0.15) is 0 Å². The lowest BCUT2D eigenvalue weighted by molar-refractivity contribution is 1.02. The minimum atomic E-state index is 0.956. The normalized spacial score (nSPS) is 10.5. The molecule has 0 amide bonds. The molecule has 0 saturated heterocycles. The number of nitrogens with zero attached hydrogens (tertiary/aromatic N) is 2. The van der Waals surface area contributed by atoms with Crippen molar-refractivity contribution < 1.29 is 0 Å². The van der Waals surface area contributed by atoms with Crippen LogP contribution in [-0.2, 0) is 0 Å². The summed E-state index contributed by atoms with van der Waals surface area (Å²) in [6.07, 6.45) is 0. The molecule has 23 heavy (non-hydrogen) atoms. The van der Waals surface area contributed by atoms with Crippen LogP contribution in [0.25, 0.3) is 0 Å². The van der Waals surface area contributed by atoms with Crippen molar-refractivity contribution in [3.05, 3.63) is 72.1 Å². The summed E-state index contributed by atoms with van der Waals surface area (Å²) < 4.78 is 0. The molecule has 0 atom stereocenters. The van der Waals surface area contributed by atoms with Crippen molar-refractivity contribution in [2.24, 2.45) is 0 Å². The van der Waals surface area contributed by atoms with Gasteiger partial charge in [0, 0.05) is 29.8 Å². The Labute approximate surface area is 142 Å². The summed E-state index contributed by atoms with van der Waals surface area (Å²) in [5.74, 6) is 0. The Balaban J connectivity index is 1.90. The predicted octanol–water partition coefficient (Wildman–Crippen LogP) is 6.06. The number of hydrogen-bond donors (Lipinski definition) is 0. The maximum absolute atomic E-state index is 2.35. The lowest BCUT2D eigenvalue weighted by Crippen LogP contribution is -2.16. The van der Waals surface area contributed by atoms with Crippen LogP contribution in [0.5, 0.6) is 0 Å². The molecule has 3 aromatic rings. The van der Waals surface area contributed by atoms with Gasteiger partial charge in [-0.3, -0.25) is 0 Å². The summed E-state index contributed by atoms with van der Waals surface area (Å²) in [5.41, 5.74) is 3.74. The first-order valence-corrected chi connectivity index (χ1v) is 8.95. The molecule has 118 valence electrons. The summed E-state index contributed by atoms with van der Waals surface area (Å²) in [4.78, 5) is 4.70. The molecule has 0 aliphatic rings. The average molecular weight is 322 g/mol. The second kappa shape index (κ2) is 7.34. The molecule has 0 saturated carbocycles. The van der Waals surface area contributed by atoms with Crippen molar-refractivity contribution >= 4 is 33.4 Å². The highest BCUT2D eigenvalue weighted by atomic mass is 32.1. The fraction of sp³-hybridized carbons (Fsp3) is 0.200. The van der Waals surface area contributed by atoms with Crippen molar-refractivity contribution in [3.63, 3.8) is 0 Å². The average Bonchev–Trinajstić information content (AvgIpc) is 3.08. The van der Waals surface area contributed by atoms with Gasteiger partial charge in [0.05, 0.1) is 10.7 Å². The van der Waals surface area contributed by atoms with E-state index in [0.717, 1.165) is 13.1 Å². The van der Waals surface area contributed by atoms with E-state index < -0.39 is 0 Å². The van der Waals surface area contributed by atoms with Gasteiger partial charge in [-0.2, -0.15) is 0 Å². The smallest absolute Gasteiger partial charge is 0.0974 e. The highest BCUT2D eigenvalue weighted by Gasteiger charge is 2.13. The van der Waals surface area contributed by atoms with Gasteiger partial charge in [-0.15, -0.1) is 11.3 Å². The molecule has 0 spiro atoms. The van der Waals surface area contributed by atoms with Gasteiger partial charge in [0.2, 0.25) is 0 Å². The molecule has 0 radical (unpaired) electrons. The molecular formula is C20H22N2S. The van der Waals surface area contributed by atoms with Gasteiger partial charge in [-0.1, -0.05) is 36.4 Å². The van der Waals surface area contributed by atoms with Crippen LogP contribution in [0.3, 0.4) is 0 Å². The Hall–Kier alpha value is -2.26. The van der Waals surface area contributed by atoms with E-state index in [1.165, 1.54) is 22.1 Å². The number of hydrogen-bond acceptors (Lipinski definition) is 3. The molecule has 1 aromatic heterocycles. The van der Waals surface area contributed by atoms with E-state index in [1.807, 2.05) is 0 Å². The van der Waals surface area contributed by atoms with Gasteiger partial charge in [0.15, 0.2) is 0 Å². The Morgan fingerprint density at radius 3 is 1.74 bits per heavy atom. The zero-order valence-electron chi connectivity index (χ0n) is 13.6. The number of benzene rings is 2. The molecule has 3 rings (SSSR count). The minimum Gasteiger partial charge on any atom is -0.341 e. The van der Waals surface area contributed by atoms with Crippen molar-refractivity contribution in [1.29, 1.82) is 0 Å². The van der Waals surface area contributed by atoms with Crippen LogP contribution in [0, 0.1) is 0 Å². The Kier molecular flexibility index (Phi) is 4.99. The largest absolute Gasteiger partial charge is 0.341 e. The lowest BCUT2D eigenvalue weighted by atomic mass is 10.2. The first-order valence-electron chi connectivity index (χ1n) is 8.07. The van der Waals surface area contributed by atoms with E-state index in [4.69, 9.17) is 0 Å². The zero-order valence-corrected chi connectivity index (χ0v) is 14.5. The van der Waals surface area contributed by atoms with Gasteiger partial charge in [-0.05, 0) is 44.2 Å². The van der Waals surface area contributed by atoms with E-state index in [0.29, 0.717) is 0 Å². The Bertz CT molecular complexity index is 660. The second-order valence-corrected chi connectivity index (χ2v) is 6.19. The van der Waals surface area contributed by atoms with Gasteiger partial charge >= 0.3 is 0 Å². The van der Waals surface area contributed by atoms with Crippen LogP contribution < -0.4 is 9.80 Å². The summed E-state index contributed by atoms with van der Waals surface area (Å²) in [6.45, 7) is 6.30. The van der Waals surface area contributed by atoms with E-state index in [9.17, 15) is 0 Å². The number of anilines is 4. The van der Waals surface area contributed by atoms with Gasteiger partial charge in [-0.25, -0.2) is 0 Å². The SMILES string of the molecule is CCN(c1ccccc1)c1csc(N(CC)c2ccccc2)c1. The third-order valence-electron chi connectivity index (χ3n) is 3.92. The molecule has 1 heterocycles. The molecule has 0 fully saturated rings. The number of para-hydroxylation sites is 2. The quantitative estimate of drug-likeness (QED) is 0.544. The molecule has 2 aromatic carbocycles. The molecule has 2 nitrogen and oxygen atoms in total. The molecule has 3 heteroatoms. The summed E-state index contributed by atoms with van der Waals surface area (Å²) in [7, 11) is 0. The fourth-order valence-electron chi connectivity index (χ4n) is 2.79. The van der Waals surface area contributed by atoms with E-state index >= 15 is 0 Å².